The van der Waals surface area contributed by atoms with Gasteiger partial charge in [0.05, 0.1) is 11.4 Å². The summed E-state index contributed by atoms with van der Waals surface area (Å²) in [6.07, 6.45) is 6.13. The van der Waals surface area contributed by atoms with Crippen LogP contribution < -0.4 is 5.32 Å². The van der Waals surface area contributed by atoms with Gasteiger partial charge in [0.1, 0.15) is 0 Å². The van der Waals surface area contributed by atoms with Gasteiger partial charge >= 0.3 is 0 Å². The van der Waals surface area contributed by atoms with E-state index in [9.17, 15) is 0 Å². The van der Waals surface area contributed by atoms with Crippen molar-refractivity contribution in [3.05, 3.63) is 22.5 Å². The predicted molar refractivity (Wildman–Crippen MR) is 80.8 cm³/mol. The number of rotatable bonds is 3. The van der Waals surface area contributed by atoms with Crippen LogP contribution in [0.3, 0.4) is 0 Å². The van der Waals surface area contributed by atoms with Gasteiger partial charge in [-0.25, -0.2) is 4.98 Å². The van der Waals surface area contributed by atoms with Gasteiger partial charge in [-0.15, -0.1) is 11.3 Å². The van der Waals surface area contributed by atoms with Gasteiger partial charge in [0, 0.05) is 23.7 Å². The van der Waals surface area contributed by atoms with Crippen molar-refractivity contribution in [1.82, 2.24) is 14.7 Å². The Labute approximate surface area is 119 Å². The Hall–Kier alpha value is -0.870. The first-order valence-electron chi connectivity index (χ1n) is 7.12. The van der Waals surface area contributed by atoms with Gasteiger partial charge in [0.25, 0.3) is 0 Å². The highest BCUT2D eigenvalue weighted by atomic mass is 32.1. The van der Waals surface area contributed by atoms with Gasteiger partial charge in [-0.1, -0.05) is 13.8 Å². The molecule has 104 valence electrons. The van der Waals surface area contributed by atoms with Gasteiger partial charge < -0.3 is 5.32 Å². The van der Waals surface area contributed by atoms with Crippen molar-refractivity contribution >= 4 is 16.3 Å². The van der Waals surface area contributed by atoms with E-state index in [0.717, 1.165) is 17.2 Å². The van der Waals surface area contributed by atoms with Crippen LogP contribution in [0.1, 0.15) is 49.4 Å². The highest BCUT2D eigenvalue weighted by Gasteiger charge is 2.30. The highest BCUT2D eigenvalue weighted by molar-refractivity contribution is 7.17. The van der Waals surface area contributed by atoms with E-state index in [-0.39, 0.29) is 0 Å². The van der Waals surface area contributed by atoms with E-state index in [0.29, 0.717) is 11.5 Å². The first-order chi connectivity index (χ1) is 8.94. The smallest absolute Gasteiger partial charge is 0.194 e. The van der Waals surface area contributed by atoms with Crippen molar-refractivity contribution in [1.29, 1.82) is 0 Å². The molecule has 0 radical (unpaired) electrons. The highest BCUT2D eigenvalue weighted by Crippen LogP contribution is 2.37. The summed E-state index contributed by atoms with van der Waals surface area (Å²) in [6.45, 7) is 9.94. The second kappa shape index (κ2) is 4.60. The summed E-state index contributed by atoms with van der Waals surface area (Å²) in [5.74, 6) is 0. The number of imidazole rings is 1. The third-order valence-electron chi connectivity index (χ3n) is 4.27. The lowest BCUT2D eigenvalue weighted by Crippen LogP contribution is -2.27. The Bertz CT molecular complexity index is 594. The van der Waals surface area contributed by atoms with Gasteiger partial charge in [0.2, 0.25) is 0 Å². The molecule has 4 heteroatoms. The molecule has 3 nitrogen and oxygen atoms in total. The van der Waals surface area contributed by atoms with Gasteiger partial charge in [-0.05, 0) is 38.5 Å². The largest absolute Gasteiger partial charge is 0.308 e. The average molecular weight is 277 g/mol. The van der Waals surface area contributed by atoms with Crippen molar-refractivity contribution in [2.75, 3.05) is 0 Å². The Morgan fingerprint density at radius 3 is 2.95 bits per heavy atom. The molecule has 19 heavy (non-hydrogen) atoms. The van der Waals surface area contributed by atoms with Gasteiger partial charge in [-0.2, -0.15) is 0 Å². The molecule has 0 spiro atoms. The molecule has 0 bridgehead atoms. The van der Waals surface area contributed by atoms with Crippen molar-refractivity contribution in [2.45, 2.75) is 59.5 Å². The quantitative estimate of drug-likeness (QED) is 0.927. The van der Waals surface area contributed by atoms with Crippen molar-refractivity contribution < 1.29 is 0 Å². The van der Waals surface area contributed by atoms with E-state index >= 15 is 0 Å². The molecule has 2 heterocycles. The molecular weight excluding hydrogens is 254 g/mol. The SMILES string of the molecule is Cc1cn2c(CNC3CCC(C)(C)C3)c(C)nc2s1. The first-order valence-corrected chi connectivity index (χ1v) is 7.94. The van der Waals surface area contributed by atoms with E-state index in [1.807, 2.05) is 0 Å². The molecule has 0 aliphatic heterocycles. The Kier molecular flexibility index (Phi) is 3.18. The van der Waals surface area contributed by atoms with Gasteiger partial charge in [0.15, 0.2) is 4.96 Å². The molecule has 0 amide bonds. The number of nitrogens with zero attached hydrogens (tertiary/aromatic N) is 2. The predicted octanol–water partition coefficient (Wildman–Crippen LogP) is 3.68. The summed E-state index contributed by atoms with van der Waals surface area (Å²) in [6, 6.07) is 0.666. The van der Waals surface area contributed by atoms with Crippen LogP contribution in [0.15, 0.2) is 6.20 Å². The molecule has 1 N–H and O–H groups in total. The maximum Gasteiger partial charge on any atom is 0.194 e. The molecule has 3 rings (SSSR count). The third-order valence-corrected chi connectivity index (χ3v) is 5.17. The standard InChI is InChI=1S/C15H23N3S/c1-10-9-18-13(11(2)17-14(18)19-10)8-16-12-5-6-15(3,4)7-12/h9,12,16H,5-8H2,1-4H3. The molecule has 2 aromatic heterocycles. The van der Waals surface area contributed by atoms with E-state index in [2.05, 4.69) is 48.6 Å². The fraction of sp³-hybridized carbons (Fsp3) is 0.667. The zero-order valence-electron chi connectivity index (χ0n) is 12.3. The minimum atomic E-state index is 0.512. The zero-order valence-corrected chi connectivity index (χ0v) is 13.1. The topological polar surface area (TPSA) is 29.3 Å². The van der Waals surface area contributed by atoms with Crippen LogP contribution in [0.4, 0.5) is 0 Å². The van der Waals surface area contributed by atoms with Crippen molar-refractivity contribution in [2.24, 2.45) is 5.41 Å². The minimum absolute atomic E-state index is 0.512. The summed E-state index contributed by atoms with van der Waals surface area (Å²) in [7, 11) is 0. The number of hydrogen-bond acceptors (Lipinski definition) is 3. The lowest BCUT2D eigenvalue weighted by atomic mass is 9.92. The van der Waals surface area contributed by atoms with E-state index in [1.165, 1.54) is 29.8 Å². The Balaban J connectivity index is 1.73. The molecule has 2 aromatic rings. The number of aryl methyl sites for hydroxylation is 2. The summed E-state index contributed by atoms with van der Waals surface area (Å²) in [5.41, 5.74) is 3.00. The summed E-state index contributed by atoms with van der Waals surface area (Å²) < 4.78 is 2.25. The van der Waals surface area contributed by atoms with Crippen LogP contribution in [-0.4, -0.2) is 15.4 Å². The van der Waals surface area contributed by atoms with Crippen LogP contribution in [-0.2, 0) is 6.54 Å². The van der Waals surface area contributed by atoms with E-state index < -0.39 is 0 Å². The van der Waals surface area contributed by atoms with Crippen LogP contribution in [0.25, 0.3) is 4.96 Å². The molecule has 1 aliphatic rings. The Morgan fingerprint density at radius 1 is 1.47 bits per heavy atom. The molecule has 0 saturated heterocycles. The molecule has 1 saturated carbocycles. The number of aromatic nitrogens is 2. The maximum absolute atomic E-state index is 4.65. The van der Waals surface area contributed by atoms with Crippen LogP contribution in [0.5, 0.6) is 0 Å². The third kappa shape index (κ3) is 2.56. The normalized spacial score (nSPS) is 22.4. The monoisotopic (exact) mass is 277 g/mol. The van der Waals surface area contributed by atoms with E-state index in [1.54, 1.807) is 11.3 Å². The molecule has 0 aromatic carbocycles. The number of thiazole rings is 1. The fourth-order valence-corrected chi connectivity index (χ4v) is 4.06. The molecule has 1 atom stereocenters. The fourth-order valence-electron chi connectivity index (χ4n) is 3.17. The Morgan fingerprint density at radius 2 is 2.26 bits per heavy atom. The van der Waals surface area contributed by atoms with Crippen LogP contribution in [0, 0.1) is 19.3 Å². The second-order valence-electron chi connectivity index (χ2n) is 6.62. The first kappa shape index (κ1) is 13.1. The molecule has 1 aliphatic carbocycles. The molecule has 1 unspecified atom stereocenters. The second-order valence-corrected chi connectivity index (χ2v) is 7.84. The number of hydrogen-bond donors (Lipinski definition) is 1. The number of nitrogens with one attached hydrogen (secondary N) is 1. The molecular formula is C15H23N3S. The van der Waals surface area contributed by atoms with Crippen LogP contribution in [0.2, 0.25) is 0 Å². The number of fused-ring (bicyclic) bond motifs is 1. The summed E-state index contributed by atoms with van der Waals surface area (Å²) >= 11 is 1.77. The van der Waals surface area contributed by atoms with Gasteiger partial charge in [-0.3, -0.25) is 4.40 Å². The zero-order chi connectivity index (χ0) is 13.6. The average Bonchev–Trinajstić information content (AvgIpc) is 2.90. The lowest BCUT2D eigenvalue weighted by Gasteiger charge is -2.17. The van der Waals surface area contributed by atoms with Crippen molar-refractivity contribution in [3.8, 4) is 0 Å². The van der Waals surface area contributed by atoms with Crippen molar-refractivity contribution in [3.63, 3.8) is 0 Å². The van der Waals surface area contributed by atoms with E-state index in [4.69, 9.17) is 0 Å². The summed E-state index contributed by atoms with van der Waals surface area (Å²) in [4.78, 5) is 7.10. The summed E-state index contributed by atoms with van der Waals surface area (Å²) in [5, 5.41) is 3.73. The lowest BCUT2D eigenvalue weighted by molar-refractivity contribution is 0.363. The minimum Gasteiger partial charge on any atom is -0.308 e. The molecule has 1 fully saturated rings. The van der Waals surface area contributed by atoms with Crippen LogP contribution >= 0.6 is 11.3 Å². The maximum atomic E-state index is 4.65.